The third-order valence-electron chi connectivity index (χ3n) is 9.04. The summed E-state index contributed by atoms with van der Waals surface area (Å²) in [6.07, 6.45) is 1.42. The molecule has 6 rings (SSSR count). The predicted octanol–water partition coefficient (Wildman–Crippen LogP) is 3.30. The van der Waals surface area contributed by atoms with Crippen molar-refractivity contribution in [2.75, 3.05) is 13.1 Å². The first-order chi connectivity index (χ1) is 21.7. The molecule has 2 saturated heterocycles. The van der Waals surface area contributed by atoms with E-state index >= 15 is 0 Å². The number of H-pyrrole nitrogens is 1. The molecule has 12 nitrogen and oxygen atoms in total. The molecule has 2 fully saturated rings. The van der Waals surface area contributed by atoms with Crippen LogP contribution in [-0.4, -0.2) is 84.3 Å². The fourth-order valence-electron chi connectivity index (χ4n) is 6.60. The van der Waals surface area contributed by atoms with Gasteiger partial charge in [0.15, 0.2) is 0 Å². The lowest BCUT2D eigenvalue weighted by molar-refractivity contribution is -0.149. The highest BCUT2D eigenvalue weighted by Crippen LogP contribution is 2.59. The molecule has 2 aromatic carbocycles. The Bertz CT molecular complexity index is 1810. The lowest BCUT2D eigenvalue weighted by Gasteiger charge is -2.39. The molecule has 3 aliphatic heterocycles. The maximum atomic E-state index is 14.3. The molecule has 0 spiro atoms. The molecule has 244 valence electrons. The Kier molecular flexibility index (Phi) is 8.20. The Morgan fingerprint density at radius 3 is 2.52 bits per heavy atom. The first-order valence-corrected chi connectivity index (χ1v) is 16.6. The zero-order valence-electron chi connectivity index (χ0n) is 24.6. The Hall–Kier alpha value is -3.84. The summed E-state index contributed by atoms with van der Waals surface area (Å²) < 4.78 is 40.0. The third kappa shape index (κ3) is 5.68. The smallest absolute Gasteiger partial charge is 0.351 e. The maximum Gasteiger partial charge on any atom is 0.399 e. The van der Waals surface area contributed by atoms with E-state index in [4.69, 9.17) is 21.4 Å². The normalized spacial score (nSPS) is 22.0. The second-order valence-corrected chi connectivity index (χ2v) is 14.0. The summed E-state index contributed by atoms with van der Waals surface area (Å²) >= 11 is 6.36. The Balaban J connectivity index is 1.25. The monoisotopic (exact) mass is 677 g/mol. The second-order valence-electron chi connectivity index (χ2n) is 11.9. The van der Waals surface area contributed by atoms with Crippen LogP contribution in [-0.2, 0) is 37.7 Å². The predicted molar refractivity (Wildman–Crippen MR) is 162 cm³/mol. The van der Waals surface area contributed by atoms with Gasteiger partial charge in [-0.2, -0.15) is 8.78 Å². The SMILES string of the molecule is CC(=O)N1CC[C@H]2CC[C@@H](C(=O)N3Cc4cccc(Cl)c4C3)N2C(=O)[C@@H](NC(=O)c2cc3cc(C(F)(F)P(=O)(O)O)ccc3[nH]2)C1. The molecule has 46 heavy (non-hydrogen) atoms. The summed E-state index contributed by atoms with van der Waals surface area (Å²) in [5.74, 6) is -1.81. The van der Waals surface area contributed by atoms with Crippen molar-refractivity contribution in [3.8, 4) is 0 Å². The minimum Gasteiger partial charge on any atom is -0.351 e. The van der Waals surface area contributed by atoms with Crippen LogP contribution >= 0.6 is 19.2 Å². The van der Waals surface area contributed by atoms with Gasteiger partial charge >= 0.3 is 13.3 Å². The molecule has 0 unspecified atom stereocenters. The number of hydrogen-bond acceptors (Lipinski definition) is 5. The van der Waals surface area contributed by atoms with Gasteiger partial charge in [-0.15, -0.1) is 0 Å². The van der Waals surface area contributed by atoms with Gasteiger partial charge in [-0.05, 0) is 54.7 Å². The number of carbonyl (C=O) groups excluding carboxylic acids is 4. The number of aromatic amines is 1. The Morgan fingerprint density at radius 2 is 1.83 bits per heavy atom. The van der Waals surface area contributed by atoms with Crippen molar-refractivity contribution in [1.29, 1.82) is 0 Å². The number of aromatic nitrogens is 1. The summed E-state index contributed by atoms with van der Waals surface area (Å²) in [6.45, 7) is 2.21. The van der Waals surface area contributed by atoms with E-state index < -0.39 is 42.7 Å². The van der Waals surface area contributed by atoms with Crippen LogP contribution in [0.25, 0.3) is 10.9 Å². The Labute approximate surface area is 266 Å². The van der Waals surface area contributed by atoms with Crippen molar-refractivity contribution >= 4 is 53.7 Å². The van der Waals surface area contributed by atoms with E-state index in [1.54, 1.807) is 11.0 Å². The molecule has 3 atom stereocenters. The van der Waals surface area contributed by atoms with E-state index in [1.807, 2.05) is 12.1 Å². The quantitative estimate of drug-likeness (QED) is 0.301. The number of alkyl halides is 2. The van der Waals surface area contributed by atoms with Gasteiger partial charge in [0.1, 0.15) is 17.8 Å². The molecule has 3 aromatic rings. The standard InChI is InChI=1S/C30H31ClF2N5O7P/c1-16(39)36-10-9-20-6-8-26(29(42)37-13-17-3-2-4-22(31)21(17)14-37)38(20)28(41)25(15-36)35-27(40)24-12-18-11-19(5-7-23(18)34-24)30(32,33)46(43,44)45/h2-5,7,11-12,20,25-26,34H,6,8-10,13-15H2,1H3,(H,35,40)(H2,43,44,45)/t20-,25+,26+/m1/s1. The van der Waals surface area contributed by atoms with E-state index in [0.29, 0.717) is 43.9 Å². The lowest BCUT2D eigenvalue weighted by atomic mass is 10.1. The van der Waals surface area contributed by atoms with E-state index in [0.717, 1.165) is 23.3 Å². The van der Waals surface area contributed by atoms with Gasteiger partial charge in [0.25, 0.3) is 5.91 Å². The van der Waals surface area contributed by atoms with Crippen molar-refractivity contribution in [2.24, 2.45) is 0 Å². The zero-order valence-corrected chi connectivity index (χ0v) is 26.2. The lowest BCUT2D eigenvalue weighted by Crippen LogP contribution is -2.61. The molecular weight excluding hydrogens is 647 g/mol. The molecule has 1 aromatic heterocycles. The molecule has 4 amide bonds. The molecule has 16 heteroatoms. The number of nitrogens with one attached hydrogen (secondary N) is 2. The first kappa shape index (κ1) is 32.1. The van der Waals surface area contributed by atoms with Gasteiger partial charge in [0.05, 0.1) is 0 Å². The van der Waals surface area contributed by atoms with Gasteiger partial charge in [-0.25, -0.2) is 0 Å². The number of fused-ring (bicyclic) bond motifs is 3. The van der Waals surface area contributed by atoms with Crippen LogP contribution in [0.4, 0.5) is 8.78 Å². The van der Waals surface area contributed by atoms with Gasteiger partial charge in [-0.3, -0.25) is 23.7 Å². The number of benzene rings is 2. The number of hydrogen-bond donors (Lipinski definition) is 4. The molecule has 0 aliphatic carbocycles. The zero-order chi connectivity index (χ0) is 33.1. The number of carbonyl (C=O) groups is 4. The minimum absolute atomic E-state index is 0.0853. The van der Waals surface area contributed by atoms with Gasteiger partial charge in [0, 0.05) is 60.6 Å². The highest BCUT2D eigenvalue weighted by atomic mass is 35.5. The number of halogens is 3. The van der Waals surface area contributed by atoms with E-state index in [9.17, 15) is 32.5 Å². The number of nitrogens with zero attached hydrogens (tertiary/aromatic N) is 3. The van der Waals surface area contributed by atoms with Crippen molar-refractivity contribution in [3.05, 3.63) is 69.9 Å². The van der Waals surface area contributed by atoms with Crippen molar-refractivity contribution in [3.63, 3.8) is 0 Å². The van der Waals surface area contributed by atoms with Crippen LogP contribution in [0.2, 0.25) is 5.02 Å². The van der Waals surface area contributed by atoms with Crippen molar-refractivity contribution < 1.29 is 42.3 Å². The molecular formula is C30H31ClF2N5O7P. The second kappa shape index (κ2) is 11.8. The Morgan fingerprint density at radius 1 is 1.07 bits per heavy atom. The van der Waals surface area contributed by atoms with E-state index in [2.05, 4.69) is 10.3 Å². The first-order valence-electron chi connectivity index (χ1n) is 14.7. The average Bonchev–Trinajstić information content (AvgIpc) is 3.73. The van der Waals surface area contributed by atoms with Crippen molar-refractivity contribution in [1.82, 2.24) is 25.0 Å². The number of amides is 4. The van der Waals surface area contributed by atoms with Crippen LogP contribution in [0.1, 0.15) is 53.4 Å². The summed E-state index contributed by atoms with van der Waals surface area (Å²) in [7, 11) is -5.81. The summed E-state index contributed by atoms with van der Waals surface area (Å²) in [5.41, 5.74) is -3.43. The molecule has 0 saturated carbocycles. The largest absolute Gasteiger partial charge is 0.399 e. The molecule has 0 radical (unpaired) electrons. The van der Waals surface area contributed by atoms with Crippen LogP contribution in [0.15, 0.2) is 42.5 Å². The maximum absolute atomic E-state index is 14.3. The topological polar surface area (TPSA) is 163 Å². The van der Waals surface area contributed by atoms with Gasteiger partial charge in [-0.1, -0.05) is 29.8 Å². The van der Waals surface area contributed by atoms with Gasteiger partial charge < -0.3 is 34.8 Å². The molecule has 4 heterocycles. The van der Waals surface area contributed by atoms with E-state index in [1.165, 1.54) is 28.9 Å². The molecule has 4 N–H and O–H groups in total. The fraction of sp³-hybridized carbons (Fsp3) is 0.400. The van der Waals surface area contributed by atoms with Gasteiger partial charge in [0.2, 0.25) is 17.7 Å². The summed E-state index contributed by atoms with van der Waals surface area (Å²) in [6, 6.07) is 7.27. The van der Waals surface area contributed by atoms with E-state index in [-0.39, 0.29) is 41.0 Å². The van der Waals surface area contributed by atoms with Crippen LogP contribution < -0.4 is 5.32 Å². The third-order valence-corrected chi connectivity index (χ3v) is 10.4. The molecule has 3 aliphatic rings. The molecule has 0 bridgehead atoms. The fourth-order valence-corrected chi connectivity index (χ4v) is 7.33. The van der Waals surface area contributed by atoms with Crippen molar-refractivity contribution in [2.45, 2.75) is 63.1 Å². The van der Waals surface area contributed by atoms with Crippen LogP contribution in [0.5, 0.6) is 0 Å². The van der Waals surface area contributed by atoms with Crippen LogP contribution in [0, 0.1) is 0 Å². The van der Waals surface area contributed by atoms with Crippen LogP contribution in [0.3, 0.4) is 0 Å². The summed E-state index contributed by atoms with van der Waals surface area (Å²) in [4.78, 5) is 79.5. The summed E-state index contributed by atoms with van der Waals surface area (Å²) in [5, 5.41) is 3.31. The number of rotatable bonds is 5. The highest BCUT2D eigenvalue weighted by Gasteiger charge is 2.50. The highest BCUT2D eigenvalue weighted by molar-refractivity contribution is 7.52. The minimum atomic E-state index is -5.81. The average molecular weight is 678 g/mol.